The van der Waals surface area contributed by atoms with Crippen LogP contribution < -0.4 is 0 Å². The summed E-state index contributed by atoms with van der Waals surface area (Å²) < 4.78 is 0. The maximum Gasteiger partial charge on any atom is 0.254 e. The van der Waals surface area contributed by atoms with Crippen LogP contribution in [0.2, 0.25) is 0 Å². The lowest BCUT2D eigenvalue weighted by Gasteiger charge is -2.35. The molecule has 0 radical (unpaired) electrons. The molecule has 1 aromatic heterocycles. The van der Waals surface area contributed by atoms with E-state index in [-0.39, 0.29) is 18.3 Å². The Morgan fingerprint density at radius 2 is 1.59 bits per heavy atom. The fourth-order valence-corrected chi connectivity index (χ4v) is 3.59. The van der Waals surface area contributed by atoms with Gasteiger partial charge >= 0.3 is 0 Å². The Hall–Kier alpha value is -2.43. The second-order valence-electron chi connectivity index (χ2n) is 6.77. The van der Waals surface area contributed by atoms with Gasteiger partial charge in [0.05, 0.1) is 0 Å². The van der Waals surface area contributed by atoms with Crippen LogP contribution in [-0.2, 0) is 6.42 Å². The van der Waals surface area contributed by atoms with Crippen molar-refractivity contribution in [1.29, 1.82) is 0 Å². The molecule has 0 unspecified atom stereocenters. The van der Waals surface area contributed by atoms with Gasteiger partial charge in [0.15, 0.2) is 0 Å². The molecule has 4 nitrogen and oxygen atoms in total. The molecule has 2 heterocycles. The lowest BCUT2D eigenvalue weighted by molar-refractivity contribution is 0.0640. The monoisotopic (exact) mass is 381 g/mol. The molecule has 0 spiro atoms. The molecule has 0 aliphatic carbocycles. The van der Waals surface area contributed by atoms with E-state index in [0.717, 1.165) is 55.5 Å². The zero-order valence-corrected chi connectivity index (χ0v) is 16.1. The SMILES string of the molecule is Cl.O=C(c1cccc2ccccc12)N1CCN(CCc2ccncc2)CC1. The Morgan fingerprint density at radius 3 is 2.37 bits per heavy atom. The van der Waals surface area contributed by atoms with E-state index in [2.05, 4.69) is 34.1 Å². The van der Waals surface area contributed by atoms with Crippen molar-refractivity contribution in [2.24, 2.45) is 0 Å². The summed E-state index contributed by atoms with van der Waals surface area (Å²) in [4.78, 5) is 21.5. The van der Waals surface area contributed by atoms with Crippen LogP contribution in [0.15, 0.2) is 67.0 Å². The molecule has 3 aromatic rings. The number of aromatic nitrogens is 1. The summed E-state index contributed by atoms with van der Waals surface area (Å²) in [5.74, 6) is 0.149. The zero-order valence-electron chi connectivity index (χ0n) is 15.3. The van der Waals surface area contributed by atoms with Gasteiger partial charge in [-0.2, -0.15) is 0 Å². The highest BCUT2D eigenvalue weighted by Crippen LogP contribution is 2.20. The molecule has 0 saturated carbocycles. The second kappa shape index (κ2) is 8.98. The van der Waals surface area contributed by atoms with Gasteiger partial charge in [0.25, 0.3) is 5.91 Å². The third kappa shape index (κ3) is 4.46. The Bertz CT molecular complexity index is 887. The number of piperazine rings is 1. The standard InChI is InChI=1S/C22H23N3O.ClH/c26-22(21-7-3-5-19-4-1-2-6-20(19)21)25-16-14-24(15-17-25)13-10-18-8-11-23-12-9-18;/h1-9,11-12H,10,13-17H2;1H. The van der Waals surface area contributed by atoms with E-state index >= 15 is 0 Å². The van der Waals surface area contributed by atoms with E-state index in [1.165, 1.54) is 5.56 Å². The number of pyridine rings is 1. The summed E-state index contributed by atoms with van der Waals surface area (Å²) >= 11 is 0. The van der Waals surface area contributed by atoms with Gasteiger partial charge in [-0.25, -0.2) is 0 Å². The number of nitrogens with zero attached hydrogens (tertiary/aromatic N) is 3. The Labute approximate surface area is 166 Å². The van der Waals surface area contributed by atoms with Crippen molar-refractivity contribution in [3.8, 4) is 0 Å². The van der Waals surface area contributed by atoms with E-state index < -0.39 is 0 Å². The Balaban J connectivity index is 0.00000210. The van der Waals surface area contributed by atoms with Gasteiger partial charge in [0.2, 0.25) is 0 Å². The molecule has 1 saturated heterocycles. The fourth-order valence-electron chi connectivity index (χ4n) is 3.59. The molecule has 1 fully saturated rings. The van der Waals surface area contributed by atoms with Gasteiger partial charge in [-0.3, -0.25) is 14.7 Å². The van der Waals surface area contributed by atoms with Crippen LogP contribution in [0.5, 0.6) is 0 Å². The van der Waals surface area contributed by atoms with Gasteiger partial charge in [-0.1, -0.05) is 36.4 Å². The Kier molecular flexibility index (Phi) is 6.43. The third-order valence-corrected chi connectivity index (χ3v) is 5.15. The van der Waals surface area contributed by atoms with Crippen molar-refractivity contribution in [1.82, 2.24) is 14.8 Å². The maximum atomic E-state index is 13.0. The van der Waals surface area contributed by atoms with Gasteiger partial charge in [0, 0.05) is 50.7 Å². The average Bonchev–Trinajstić information content (AvgIpc) is 2.72. The van der Waals surface area contributed by atoms with Crippen molar-refractivity contribution < 1.29 is 4.79 Å². The van der Waals surface area contributed by atoms with Crippen molar-refractivity contribution >= 4 is 29.1 Å². The molecule has 1 amide bonds. The lowest BCUT2D eigenvalue weighted by atomic mass is 10.0. The highest BCUT2D eigenvalue weighted by molar-refractivity contribution is 6.07. The summed E-state index contributed by atoms with van der Waals surface area (Å²) in [6.45, 7) is 4.47. The number of rotatable bonds is 4. The van der Waals surface area contributed by atoms with Crippen LogP contribution in [0.4, 0.5) is 0 Å². The first kappa shape index (κ1) is 19.3. The van der Waals surface area contributed by atoms with E-state index in [1.54, 1.807) is 0 Å². The van der Waals surface area contributed by atoms with E-state index in [0.29, 0.717) is 0 Å². The molecule has 0 N–H and O–H groups in total. The van der Waals surface area contributed by atoms with Crippen LogP contribution >= 0.6 is 12.4 Å². The summed E-state index contributed by atoms with van der Waals surface area (Å²) in [5.41, 5.74) is 2.13. The molecule has 27 heavy (non-hydrogen) atoms. The average molecular weight is 382 g/mol. The van der Waals surface area contributed by atoms with Gasteiger partial charge in [-0.05, 0) is 41.0 Å². The van der Waals surface area contributed by atoms with Crippen molar-refractivity contribution in [2.75, 3.05) is 32.7 Å². The van der Waals surface area contributed by atoms with Crippen molar-refractivity contribution in [3.63, 3.8) is 0 Å². The molecule has 5 heteroatoms. The molecular formula is C22H24ClN3O. The molecular weight excluding hydrogens is 358 g/mol. The highest BCUT2D eigenvalue weighted by atomic mass is 35.5. The number of amides is 1. The van der Waals surface area contributed by atoms with Gasteiger partial charge in [-0.15, -0.1) is 12.4 Å². The summed E-state index contributed by atoms with van der Waals surface area (Å²) in [6.07, 6.45) is 4.71. The third-order valence-electron chi connectivity index (χ3n) is 5.15. The number of halogens is 1. The normalized spacial score (nSPS) is 14.7. The van der Waals surface area contributed by atoms with Gasteiger partial charge < -0.3 is 4.90 Å². The predicted octanol–water partition coefficient (Wildman–Crippen LogP) is 3.66. The predicted molar refractivity (Wildman–Crippen MR) is 111 cm³/mol. The van der Waals surface area contributed by atoms with Crippen LogP contribution in [0.25, 0.3) is 10.8 Å². The first-order valence-corrected chi connectivity index (χ1v) is 9.19. The zero-order chi connectivity index (χ0) is 17.8. The summed E-state index contributed by atoms with van der Waals surface area (Å²) in [7, 11) is 0. The number of carbonyl (C=O) groups is 1. The van der Waals surface area contributed by atoms with Crippen LogP contribution in [0.3, 0.4) is 0 Å². The first-order valence-electron chi connectivity index (χ1n) is 9.19. The molecule has 1 aliphatic rings. The smallest absolute Gasteiger partial charge is 0.254 e. The lowest BCUT2D eigenvalue weighted by Crippen LogP contribution is -2.49. The number of hydrogen-bond donors (Lipinski definition) is 0. The van der Waals surface area contributed by atoms with Gasteiger partial charge in [0.1, 0.15) is 0 Å². The van der Waals surface area contributed by atoms with Crippen LogP contribution in [0, 0.1) is 0 Å². The fraction of sp³-hybridized carbons (Fsp3) is 0.273. The molecule has 4 rings (SSSR count). The number of fused-ring (bicyclic) bond motifs is 1. The topological polar surface area (TPSA) is 36.4 Å². The molecule has 1 aliphatic heterocycles. The Morgan fingerprint density at radius 1 is 0.889 bits per heavy atom. The number of benzene rings is 2. The number of carbonyl (C=O) groups excluding carboxylic acids is 1. The minimum absolute atomic E-state index is 0. The molecule has 140 valence electrons. The van der Waals surface area contributed by atoms with E-state index in [4.69, 9.17) is 0 Å². The summed E-state index contributed by atoms with van der Waals surface area (Å²) in [6, 6.07) is 18.2. The highest BCUT2D eigenvalue weighted by Gasteiger charge is 2.23. The van der Waals surface area contributed by atoms with E-state index in [1.807, 2.05) is 47.6 Å². The maximum absolute atomic E-state index is 13.0. The van der Waals surface area contributed by atoms with E-state index in [9.17, 15) is 4.79 Å². The largest absolute Gasteiger partial charge is 0.336 e. The summed E-state index contributed by atoms with van der Waals surface area (Å²) in [5, 5.41) is 2.16. The van der Waals surface area contributed by atoms with Crippen molar-refractivity contribution in [3.05, 3.63) is 78.1 Å². The molecule has 0 bridgehead atoms. The van der Waals surface area contributed by atoms with Crippen LogP contribution in [-0.4, -0.2) is 53.4 Å². The van der Waals surface area contributed by atoms with Crippen LogP contribution in [0.1, 0.15) is 15.9 Å². The second-order valence-corrected chi connectivity index (χ2v) is 6.77. The molecule has 2 aromatic carbocycles. The van der Waals surface area contributed by atoms with Crippen molar-refractivity contribution in [2.45, 2.75) is 6.42 Å². The quantitative estimate of drug-likeness (QED) is 0.692. The minimum Gasteiger partial charge on any atom is -0.336 e. The first-order chi connectivity index (χ1) is 12.8. The minimum atomic E-state index is 0. The molecule has 0 atom stereocenters. The number of hydrogen-bond acceptors (Lipinski definition) is 3.